The van der Waals surface area contributed by atoms with Crippen molar-refractivity contribution in [3.8, 4) is 0 Å². The zero-order valence-electron chi connectivity index (χ0n) is 7.71. The van der Waals surface area contributed by atoms with Crippen molar-refractivity contribution in [2.75, 3.05) is 0 Å². The van der Waals surface area contributed by atoms with E-state index in [2.05, 4.69) is 13.8 Å². The summed E-state index contributed by atoms with van der Waals surface area (Å²) < 4.78 is 0. The number of rotatable bonds is 2. The number of hydrogen-bond donors (Lipinski definition) is 1. The lowest BCUT2D eigenvalue weighted by atomic mass is 9.79. The van der Waals surface area contributed by atoms with Gasteiger partial charge in [0, 0.05) is 0 Å². The molecule has 0 aliphatic heterocycles. The normalized spacial score (nSPS) is 39.0. The van der Waals surface area contributed by atoms with Crippen molar-refractivity contribution >= 4 is 0 Å². The summed E-state index contributed by atoms with van der Waals surface area (Å²) >= 11 is 0. The first kappa shape index (κ1) is 9.05. The molecule has 0 aromatic rings. The van der Waals surface area contributed by atoms with E-state index in [0.717, 1.165) is 12.3 Å². The van der Waals surface area contributed by atoms with Crippen LogP contribution in [0.5, 0.6) is 0 Å². The summed E-state index contributed by atoms with van der Waals surface area (Å²) in [7, 11) is 0. The van der Waals surface area contributed by atoms with Crippen molar-refractivity contribution in [1.82, 2.24) is 0 Å². The standard InChI is InChI=1S/C10H20O/c1-3-4-9-6-5-8(2)10(11)7-9/h8-11H,3-7H2,1-2H3/t8-,9?,10+/m0/s1. The van der Waals surface area contributed by atoms with Gasteiger partial charge in [0.05, 0.1) is 6.10 Å². The fraction of sp³-hybridized carbons (Fsp3) is 1.00. The second kappa shape index (κ2) is 4.10. The van der Waals surface area contributed by atoms with Crippen LogP contribution in [0.1, 0.15) is 46.0 Å². The predicted octanol–water partition coefficient (Wildman–Crippen LogP) is 2.58. The summed E-state index contributed by atoms with van der Waals surface area (Å²) in [5.74, 6) is 1.36. The number of aliphatic hydroxyl groups excluding tert-OH is 1. The van der Waals surface area contributed by atoms with Gasteiger partial charge in [0.25, 0.3) is 0 Å². The molecule has 66 valence electrons. The lowest BCUT2D eigenvalue weighted by Gasteiger charge is -2.30. The minimum absolute atomic E-state index is 0.0136. The zero-order valence-corrected chi connectivity index (χ0v) is 7.71. The molecule has 1 heteroatoms. The van der Waals surface area contributed by atoms with Crippen LogP contribution >= 0.6 is 0 Å². The maximum Gasteiger partial charge on any atom is 0.0568 e. The lowest BCUT2D eigenvalue weighted by Crippen LogP contribution is -2.27. The zero-order chi connectivity index (χ0) is 8.27. The van der Waals surface area contributed by atoms with Gasteiger partial charge in [-0.2, -0.15) is 0 Å². The van der Waals surface area contributed by atoms with E-state index < -0.39 is 0 Å². The minimum Gasteiger partial charge on any atom is -0.393 e. The molecule has 1 saturated carbocycles. The molecule has 0 spiro atoms. The van der Waals surface area contributed by atoms with Crippen LogP contribution in [0.2, 0.25) is 0 Å². The highest BCUT2D eigenvalue weighted by molar-refractivity contribution is 4.76. The third-order valence-electron chi connectivity index (χ3n) is 2.96. The van der Waals surface area contributed by atoms with Crippen LogP contribution in [0.4, 0.5) is 0 Å². The van der Waals surface area contributed by atoms with E-state index in [-0.39, 0.29) is 6.10 Å². The average Bonchev–Trinajstić information content (AvgIpc) is 1.98. The summed E-state index contributed by atoms with van der Waals surface area (Å²) in [4.78, 5) is 0. The highest BCUT2D eigenvalue weighted by Crippen LogP contribution is 2.31. The molecule has 3 atom stereocenters. The Kier molecular flexibility index (Phi) is 3.38. The molecule has 0 aromatic carbocycles. The predicted molar refractivity (Wildman–Crippen MR) is 47.4 cm³/mol. The van der Waals surface area contributed by atoms with Crippen molar-refractivity contribution in [3.05, 3.63) is 0 Å². The Balaban J connectivity index is 2.28. The van der Waals surface area contributed by atoms with E-state index in [0.29, 0.717) is 5.92 Å². The van der Waals surface area contributed by atoms with Crippen molar-refractivity contribution in [2.45, 2.75) is 52.1 Å². The van der Waals surface area contributed by atoms with E-state index in [4.69, 9.17) is 0 Å². The van der Waals surface area contributed by atoms with Gasteiger partial charge in [0.15, 0.2) is 0 Å². The molecule has 0 saturated heterocycles. The van der Waals surface area contributed by atoms with E-state index in [1.54, 1.807) is 0 Å². The van der Waals surface area contributed by atoms with Gasteiger partial charge in [-0.05, 0) is 24.7 Å². The summed E-state index contributed by atoms with van der Waals surface area (Å²) in [6.45, 7) is 4.39. The van der Waals surface area contributed by atoms with Crippen LogP contribution < -0.4 is 0 Å². The molecule has 0 heterocycles. The minimum atomic E-state index is -0.0136. The number of hydrogen-bond acceptors (Lipinski definition) is 1. The third-order valence-corrected chi connectivity index (χ3v) is 2.96. The van der Waals surface area contributed by atoms with Gasteiger partial charge in [-0.15, -0.1) is 0 Å². The molecule has 1 unspecified atom stereocenters. The quantitative estimate of drug-likeness (QED) is 0.651. The smallest absolute Gasteiger partial charge is 0.0568 e. The molecule has 1 N–H and O–H groups in total. The van der Waals surface area contributed by atoms with E-state index in [1.807, 2.05) is 0 Å². The monoisotopic (exact) mass is 156 g/mol. The molecule has 1 aliphatic carbocycles. The third kappa shape index (κ3) is 2.48. The van der Waals surface area contributed by atoms with Gasteiger partial charge in [0.1, 0.15) is 0 Å². The largest absolute Gasteiger partial charge is 0.393 e. The van der Waals surface area contributed by atoms with Crippen LogP contribution in [0.25, 0.3) is 0 Å². The molecule has 0 aromatic heterocycles. The Bertz CT molecular complexity index is 111. The second-order valence-electron chi connectivity index (χ2n) is 4.01. The Morgan fingerprint density at radius 2 is 2.09 bits per heavy atom. The first-order valence-electron chi connectivity index (χ1n) is 4.92. The first-order valence-corrected chi connectivity index (χ1v) is 4.92. The Morgan fingerprint density at radius 3 is 2.64 bits per heavy atom. The van der Waals surface area contributed by atoms with Crippen LogP contribution in [-0.2, 0) is 0 Å². The van der Waals surface area contributed by atoms with Gasteiger partial charge >= 0.3 is 0 Å². The molecular weight excluding hydrogens is 136 g/mol. The highest BCUT2D eigenvalue weighted by atomic mass is 16.3. The Labute approximate surface area is 69.8 Å². The van der Waals surface area contributed by atoms with E-state index >= 15 is 0 Å². The fourth-order valence-corrected chi connectivity index (χ4v) is 2.05. The van der Waals surface area contributed by atoms with Crippen molar-refractivity contribution in [3.63, 3.8) is 0 Å². The summed E-state index contributed by atoms with van der Waals surface area (Å²) in [6.07, 6.45) is 6.18. The van der Waals surface area contributed by atoms with Crippen LogP contribution in [0, 0.1) is 11.8 Å². The molecule has 1 aliphatic rings. The summed E-state index contributed by atoms with van der Waals surface area (Å²) in [5.41, 5.74) is 0. The molecule has 1 rings (SSSR count). The van der Waals surface area contributed by atoms with Gasteiger partial charge in [0.2, 0.25) is 0 Å². The molecule has 0 radical (unpaired) electrons. The second-order valence-corrected chi connectivity index (χ2v) is 4.01. The van der Waals surface area contributed by atoms with Crippen molar-refractivity contribution in [1.29, 1.82) is 0 Å². The molecule has 11 heavy (non-hydrogen) atoms. The average molecular weight is 156 g/mol. The Morgan fingerprint density at radius 1 is 1.36 bits per heavy atom. The lowest BCUT2D eigenvalue weighted by molar-refractivity contribution is 0.0510. The van der Waals surface area contributed by atoms with E-state index in [9.17, 15) is 5.11 Å². The maximum absolute atomic E-state index is 9.57. The summed E-state index contributed by atoms with van der Waals surface area (Å²) in [6, 6.07) is 0. The Hall–Kier alpha value is -0.0400. The van der Waals surface area contributed by atoms with Crippen molar-refractivity contribution in [2.24, 2.45) is 11.8 Å². The molecular formula is C10H20O. The van der Waals surface area contributed by atoms with Crippen LogP contribution in [-0.4, -0.2) is 11.2 Å². The molecule has 0 amide bonds. The molecule has 1 fully saturated rings. The van der Waals surface area contributed by atoms with Gasteiger partial charge in [-0.1, -0.05) is 33.1 Å². The van der Waals surface area contributed by atoms with Gasteiger partial charge in [-0.3, -0.25) is 0 Å². The van der Waals surface area contributed by atoms with E-state index in [1.165, 1.54) is 25.7 Å². The van der Waals surface area contributed by atoms with Crippen molar-refractivity contribution < 1.29 is 5.11 Å². The first-order chi connectivity index (χ1) is 5.24. The van der Waals surface area contributed by atoms with Crippen LogP contribution in [0.15, 0.2) is 0 Å². The van der Waals surface area contributed by atoms with Gasteiger partial charge < -0.3 is 5.11 Å². The number of aliphatic hydroxyl groups is 1. The molecule has 0 bridgehead atoms. The molecule has 1 nitrogen and oxygen atoms in total. The van der Waals surface area contributed by atoms with Gasteiger partial charge in [-0.25, -0.2) is 0 Å². The highest BCUT2D eigenvalue weighted by Gasteiger charge is 2.24. The van der Waals surface area contributed by atoms with Crippen LogP contribution in [0.3, 0.4) is 0 Å². The maximum atomic E-state index is 9.57. The topological polar surface area (TPSA) is 20.2 Å². The fourth-order valence-electron chi connectivity index (χ4n) is 2.05. The summed E-state index contributed by atoms with van der Waals surface area (Å²) in [5, 5.41) is 9.57. The SMILES string of the molecule is CCCC1CC[C@H](C)[C@H](O)C1.